The van der Waals surface area contributed by atoms with Crippen molar-refractivity contribution in [3.8, 4) is 0 Å². The van der Waals surface area contributed by atoms with Gasteiger partial charge in [0.15, 0.2) is 0 Å². The van der Waals surface area contributed by atoms with Crippen molar-refractivity contribution in [1.82, 2.24) is 9.78 Å². The van der Waals surface area contributed by atoms with Crippen LogP contribution in [0, 0.1) is 10.1 Å². The van der Waals surface area contributed by atoms with Crippen LogP contribution in [0.2, 0.25) is 5.02 Å². The molecule has 0 N–H and O–H groups in total. The van der Waals surface area contributed by atoms with E-state index in [1.165, 1.54) is 18.2 Å². The topological polar surface area (TPSA) is 61.0 Å². The summed E-state index contributed by atoms with van der Waals surface area (Å²) in [7, 11) is 0. The van der Waals surface area contributed by atoms with E-state index in [-0.39, 0.29) is 5.69 Å². The number of benzene rings is 1. The second-order valence-electron chi connectivity index (χ2n) is 3.24. The molecule has 0 spiro atoms. The minimum atomic E-state index is -0.442. The molecule has 2 rings (SSSR count). The normalized spacial score (nSPS) is 10.3. The average molecular weight is 238 g/mol. The van der Waals surface area contributed by atoms with Crippen LogP contribution >= 0.6 is 11.6 Å². The zero-order valence-corrected chi connectivity index (χ0v) is 8.96. The van der Waals surface area contributed by atoms with E-state index in [0.717, 1.165) is 0 Å². The molecule has 6 heteroatoms. The van der Waals surface area contributed by atoms with Gasteiger partial charge in [-0.3, -0.25) is 14.8 Å². The molecule has 0 saturated carbocycles. The Morgan fingerprint density at radius 3 is 2.94 bits per heavy atom. The Morgan fingerprint density at radius 1 is 1.50 bits per heavy atom. The number of nitro benzene ring substituents is 1. The number of hydrogen-bond donors (Lipinski definition) is 0. The van der Waals surface area contributed by atoms with Gasteiger partial charge in [0, 0.05) is 29.5 Å². The third kappa shape index (κ3) is 2.20. The van der Waals surface area contributed by atoms with Crippen LogP contribution in [-0.2, 0) is 6.54 Å². The summed E-state index contributed by atoms with van der Waals surface area (Å²) in [6.45, 7) is 0.424. The molecular formula is C10H8ClN3O2. The Kier molecular flexibility index (Phi) is 2.87. The van der Waals surface area contributed by atoms with Crippen LogP contribution in [0.15, 0.2) is 36.7 Å². The van der Waals surface area contributed by atoms with Gasteiger partial charge in [-0.05, 0) is 17.7 Å². The van der Waals surface area contributed by atoms with E-state index >= 15 is 0 Å². The highest BCUT2D eigenvalue weighted by Crippen LogP contribution is 2.22. The number of non-ortho nitro benzene ring substituents is 1. The molecule has 0 saturated heterocycles. The summed E-state index contributed by atoms with van der Waals surface area (Å²) in [6, 6.07) is 6.16. The fourth-order valence-corrected chi connectivity index (χ4v) is 1.54. The van der Waals surface area contributed by atoms with Crippen LogP contribution in [0.1, 0.15) is 5.56 Å². The molecule has 0 unspecified atom stereocenters. The van der Waals surface area contributed by atoms with Crippen LogP contribution in [-0.4, -0.2) is 14.7 Å². The van der Waals surface area contributed by atoms with Crippen molar-refractivity contribution in [3.05, 3.63) is 57.4 Å². The monoisotopic (exact) mass is 237 g/mol. The molecule has 0 aliphatic heterocycles. The van der Waals surface area contributed by atoms with Gasteiger partial charge in [-0.25, -0.2) is 0 Å². The molecule has 5 nitrogen and oxygen atoms in total. The number of halogens is 1. The third-order valence-corrected chi connectivity index (χ3v) is 2.50. The summed E-state index contributed by atoms with van der Waals surface area (Å²) in [4.78, 5) is 10.2. The number of hydrogen-bond acceptors (Lipinski definition) is 3. The molecule has 82 valence electrons. The largest absolute Gasteiger partial charge is 0.269 e. The lowest BCUT2D eigenvalue weighted by Crippen LogP contribution is -2.01. The predicted octanol–water partition coefficient (Wildman–Crippen LogP) is 2.49. The first-order chi connectivity index (χ1) is 7.66. The molecule has 1 aromatic heterocycles. The predicted molar refractivity (Wildman–Crippen MR) is 59.4 cm³/mol. The molecule has 0 aliphatic rings. The second kappa shape index (κ2) is 4.32. The highest BCUT2D eigenvalue weighted by Gasteiger charge is 2.09. The third-order valence-electron chi connectivity index (χ3n) is 2.13. The highest BCUT2D eigenvalue weighted by atomic mass is 35.5. The minimum Gasteiger partial charge on any atom is -0.268 e. The fraction of sp³-hybridized carbons (Fsp3) is 0.100. The quantitative estimate of drug-likeness (QED) is 0.609. The number of rotatable bonds is 3. The number of nitrogens with zero attached hydrogens (tertiary/aromatic N) is 3. The van der Waals surface area contributed by atoms with Gasteiger partial charge in [0.2, 0.25) is 0 Å². The lowest BCUT2D eigenvalue weighted by atomic mass is 10.2. The van der Waals surface area contributed by atoms with Crippen molar-refractivity contribution in [2.75, 3.05) is 0 Å². The molecule has 16 heavy (non-hydrogen) atoms. The standard InChI is InChI=1S/C10H8ClN3O2/c11-10-3-2-9(14(15)16)6-8(10)7-13-5-1-4-12-13/h1-6H,7H2. The lowest BCUT2D eigenvalue weighted by molar-refractivity contribution is -0.384. The number of nitro groups is 1. The summed E-state index contributed by atoms with van der Waals surface area (Å²) in [5.74, 6) is 0. The first-order valence-electron chi connectivity index (χ1n) is 4.57. The van der Waals surface area contributed by atoms with E-state index in [2.05, 4.69) is 5.10 Å². The maximum Gasteiger partial charge on any atom is 0.269 e. The zero-order chi connectivity index (χ0) is 11.5. The van der Waals surface area contributed by atoms with Gasteiger partial charge in [-0.15, -0.1) is 0 Å². The average Bonchev–Trinajstić information content (AvgIpc) is 2.73. The molecular weight excluding hydrogens is 230 g/mol. The summed E-state index contributed by atoms with van der Waals surface area (Å²) < 4.78 is 1.66. The first kappa shape index (κ1) is 10.6. The van der Waals surface area contributed by atoms with Crippen molar-refractivity contribution < 1.29 is 4.92 Å². The van der Waals surface area contributed by atoms with Crippen LogP contribution in [0.4, 0.5) is 5.69 Å². The van der Waals surface area contributed by atoms with Crippen LogP contribution < -0.4 is 0 Å². The molecule has 1 aromatic carbocycles. The Balaban J connectivity index is 2.32. The summed E-state index contributed by atoms with van der Waals surface area (Å²) in [5, 5.41) is 15.1. The first-order valence-corrected chi connectivity index (χ1v) is 4.95. The fourth-order valence-electron chi connectivity index (χ4n) is 1.36. The van der Waals surface area contributed by atoms with Gasteiger partial charge in [0.05, 0.1) is 11.5 Å². The summed E-state index contributed by atoms with van der Waals surface area (Å²) in [5.41, 5.74) is 0.714. The Hall–Kier alpha value is -1.88. The lowest BCUT2D eigenvalue weighted by Gasteiger charge is -2.04. The van der Waals surface area contributed by atoms with Gasteiger partial charge in [0.1, 0.15) is 0 Å². The Morgan fingerprint density at radius 2 is 2.31 bits per heavy atom. The van der Waals surface area contributed by atoms with Crippen molar-refractivity contribution in [3.63, 3.8) is 0 Å². The Labute approximate surface area is 96.4 Å². The summed E-state index contributed by atoms with van der Waals surface area (Å²) in [6.07, 6.45) is 3.42. The van der Waals surface area contributed by atoms with E-state index in [0.29, 0.717) is 17.1 Å². The maximum atomic E-state index is 10.6. The molecule has 0 aliphatic carbocycles. The van der Waals surface area contributed by atoms with E-state index in [1.807, 2.05) is 0 Å². The second-order valence-corrected chi connectivity index (χ2v) is 3.64. The van der Waals surface area contributed by atoms with E-state index in [1.54, 1.807) is 23.1 Å². The highest BCUT2D eigenvalue weighted by molar-refractivity contribution is 6.31. The molecule has 0 amide bonds. The van der Waals surface area contributed by atoms with Gasteiger partial charge in [0.25, 0.3) is 5.69 Å². The minimum absolute atomic E-state index is 0.0338. The van der Waals surface area contributed by atoms with Gasteiger partial charge >= 0.3 is 0 Å². The van der Waals surface area contributed by atoms with Crippen molar-refractivity contribution in [2.45, 2.75) is 6.54 Å². The molecule has 1 heterocycles. The van der Waals surface area contributed by atoms with Crippen molar-refractivity contribution in [1.29, 1.82) is 0 Å². The van der Waals surface area contributed by atoms with E-state index < -0.39 is 4.92 Å². The molecule has 2 aromatic rings. The van der Waals surface area contributed by atoms with E-state index in [9.17, 15) is 10.1 Å². The SMILES string of the molecule is O=[N+]([O-])c1ccc(Cl)c(Cn2cccn2)c1. The smallest absolute Gasteiger partial charge is 0.268 e. The molecule has 0 atom stereocenters. The van der Waals surface area contributed by atoms with Gasteiger partial charge in [-0.2, -0.15) is 5.10 Å². The number of aromatic nitrogens is 2. The van der Waals surface area contributed by atoms with Gasteiger partial charge in [-0.1, -0.05) is 11.6 Å². The van der Waals surface area contributed by atoms with Crippen molar-refractivity contribution >= 4 is 17.3 Å². The van der Waals surface area contributed by atoms with E-state index in [4.69, 9.17) is 11.6 Å². The van der Waals surface area contributed by atoms with Crippen LogP contribution in [0.3, 0.4) is 0 Å². The zero-order valence-electron chi connectivity index (χ0n) is 8.21. The maximum absolute atomic E-state index is 10.6. The summed E-state index contributed by atoms with van der Waals surface area (Å²) >= 11 is 5.95. The molecule has 0 radical (unpaired) electrons. The Bertz CT molecular complexity index is 511. The van der Waals surface area contributed by atoms with Crippen LogP contribution in [0.25, 0.3) is 0 Å². The molecule has 0 bridgehead atoms. The van der Waals surface area contributed by atoms with Gasteiger partial charge < -0.3 is 0 Å². The molecule has 0 fully saturated rings. The van der Waals surface area contributed by atoms with Crippen LogP contribution in [0.5, 0.6) is 0 Å². The van der Waals surface area contributed by atoms with Crippen molar-refractivity contribution in [2.24, 2.45) is 0 Å².